The van der Waals surface area contributed by atoms with E-state index >= 15 is 0 Å². The fourth-order valence-electron chi connectivity index (χ4n) is 4.22. The van der Waals surface area contributed by atoms with Gasteiger partial charge in [0.2, 0.25) is 0 Å². The van der Waals surface area contributed by atoms with E-state index in [1.165, 1.54) is 5.56 Å². The maximum absolute atomic E-state index is 9.50. The first-order valence-corrected chi connectivity index (χ1v) is 9.58. The lowest BCUT2D eigenvalue weighted by Crippen LogP contribution is -2.12. The average Bonchev–Trinajstić information content (AvgIpc) is 3.38. The molecule has 5 rings (SSSR count). The van der Waals surface area contributed by atoms with E-state index in [1.54, 1.807) is 6.33 Å². The molecule has 6 nitrogen and oxygen atoms in total. The molecule has 6 heteroatoms. The number of H-pyrrole nitrogens is 1. The third-order valence-corrected chi connectivity index (χ3v) is 5.63. The van der Waals surface area contributed by atoms with Crippen molar-refractivity contribution in [1.29, 1.82) is 5.26 Å². The zero-order valence-corrected chi connectivity index (χ0v) is 15.7. The molecule has 1 aliphatic carbocycles. The number of nitrogens with zero attached hydrogens (tertiary/aromatic N) is 3. The summed E-state index contributed by atoms with van der Waals surface area (Å²) in [6, 6.07) is 14.3. The van der Waals surface area contributed by atoms with Crippen molar-refractivity contribution in [2.24, 2.45) is 0 Å². The Labute approximate surface area is 167 Å². The van der Waals surface area contributed by atoms with Gasteiger partial charge in [-0.1, -0.05) is 30.3 Å². The van der Waals surface area contributed by atoms with Crippen molar-refractivity contribution in [2.75, 3.05) is 0 Å². The number of nitriles is 1. The van der Waals surface area contributed by atoms with Crippen LogP contribution in [0.3, 0.4) is 0 Å². The van der Waals surface area contributed by atoms with E-state index in [-0.39, 0.29) is 12.6 Å². The second-order valence-electron chi connectivity index (χ2n) is 7.27. The molecule has 1 atom stereocenters. The van der Waals surface area contributed by atoms with Crippen LogP contribution in [0.5, 0.6) is 0 Å². The molecule has 0 saturated carbocycles. The van der Waals surface area contributed by atoms with Gasteiger partial charge in [0, 0.05) is 17.3 Å². The van der Waals surface area contributed by atoms with Crippen LogP contribution in [0.25, 0.3) is 33.4 Å². The topological polar surface area (TPSA) is 97.6 Å². The smallest absolute Gasteiger partial charge is 0.177 e. The fourth-order valence-corrected chi connectivity index (χ4v) is 4.22. The summed E-state index contributed by atoms with van der Waals surface area (Å²) >= 11 is 0. The molecule has 0 bridgehead atoms. The summed E-state index contributed by atoms with van der Waals surface area (Å²) in [6.45, 7) is -0.00233. The van der Waals surface area contributed by atoms with Gasteiger partial charge in [0.15, 0.2) is 6.19 Å². The number of rotatable bonds is 4. The van der Waals surface area contributed by atoms with Crippen LogP contribution in [0.15, 0.2) is 55.0 Å². The molecule has 0 amide bonds. The van der Waals surface area contributed by atoms with Gasteiger partial charge < -0.3 is 15.4 Å². The number of aliphatic hydroxyl groups excluding tert-OH is 1. The highest BCUT2D eigenvalue weighted by Crippen LogP contribution is 2.38. The van der Waals surface area contributed by atoms with E-state index < -0.39 is 0 Å². The predicted molar refractivity (Wildman–Crippen MR) is 110 cm³/mol. The van der Waals surface area contributed by atoms with Gasteiger partial charge in [-0.2, -0.15) is 5.26 Å². The Morgan fingerprint density at radius 2 is 2.10 bits per heavy atom. The van der Waals surface area contributed by atoms with E-state index in [0.29, 0.717) is 0 Å². The third kappa shape index (κ3) is 2.93. The Balaban J connectivity index is 1.68. The van der Waals surface area contributed by atoms with E-state index in [0.717, 1.165) is 57.4 Å². The normalized spacial score (nSPS) is 15.2. The highest BCUT2D eigenvalue weighted by atomic mass is 16.3. The molecule has 2 aromatic carbocycles. The second kappa shape index (κ2) is 7.04. The summed E-state index contributed by atoms with van der Waals surface area (Å²) in [7, 11) is 0. The van der Waals surface area contributed by atoms with E-state index in [9.17, 15) is 5.11 Å². The maximum Gasteiger partial charge on any atom is 0.177 e. The molecular formula is C23H19N5O. The first kappa shape index (κ1) is 17.4. The van der Waals surface area contributed by atoms with Crippen LogP contribution in [0.2, 0.25) is 0 Å². The van der Waals surface area contributed by atoms with Crippen molar-refractivity contribution in [2.45, 2.75) is 25.5 Å². The van der Waals surface area contributed by atoms with Crippen molar-refractivity contribution in [3.05, 3.63) is 71.7 Å². The Morgan fingerprint density at radius 3 is 2.97 bits per heavy atom. The molecule has 0 aliphatic heterocycles. The van der Waals surface area contributed by atoms with Gasteiger partial charge in [-0.3, -0.25) is 0 Å². The highest BCUT2D eigenvalue weighted by molar-refractivity contribution is 6.02. The minimum absolute atomic E-state index is 0.00233. The molecular weight excluding hydrogens is 362 g/mol. The Hall–Kier alpha value is -3.69. The molecule has 0 radical (unpaired) electrons. The molecule has 0 fully saturated rings. The number of fused-ring (bicyclic) bond motifs is 2. The molecule has 142 valence electrons. The fraction of sp³-hybridized carbons (Fsp3) is 0.174. The summed E-state index contributed by atoms with van der Waals surface area (Å²) in [5.74, 6) is 0. The van der Waals surface area contributed by atoms with Crippen molar-refractivity contribution in [3.8, 4) is 28.6 Å². The molecule has 2 heterocycles. The average molecular weight is 381 g/mol. The summed E-state index contributed by atoms with van der Waals surface area (Å²) in [5.41, 5.74) is 7.92. The number of aromatic amines is 1. The number of aliphatic hydroxyl groups is 1. The monoisotopic (exact) mass is 381 g/mol. The quantitative estimate of drug-likeness (QED) is 0.369. The van der Waals surface area contributed by atoms with Crippen molar-refractivity contribution < 1.29 is 5.11 Å². The Bertz CT molecular complexity index is 1250. The van der Waals surface area contributed by atoms with E-state index in [1.807, 2.05) is 30.5 Å². The van der Waals surface area contributed by atoms with Crippen LogP contribution in [-0.4, -0.2) is 20.1 Å². The highest BCUT2D eigenvalue weighted by Gasteiger charge is 2.23. The molecule has 4 aromatic rings. The number of aromatic nitrogens is 3. The van der Waals surface area contributed by atoms with Gasteiger partial charge >= 0.3 is 0 Å². The summed E-state index contributed by atoms with van der Waals surface area (Å²) in [4.78, 5) is 12.3. The van der Waals surface area contributed by atoms with E-state index in [4.69, 9.17) is 5.26 Å². The lowest BCUT2D eigenvalue weighted by Gasteiger charge is -2.12. The lowest BCUT2D eigenvalue weighted by atomic mass is 9.97. The van der Waals surface area contributed by atoms with Crippen LogP contribution < -0.4 is 5.32 Å². The summed E-state index contributed by atoms with van der Waals surface area (Å²) < 4.78 is 0. The molecule has 3 N–H and O–H groups in total. The SMILES string of the molecule is N#CNC1CCc2ccc(-c3ncnc4[nH]cc(-c5cccc(CO)c5)c34)cc21. The van der Waals surface area contributed by atoms with Gasteiger partial charge in [0.1, 0.15) is 12.0 Å². The van der Waals surface area contributed by atoms with Gasteiger partial charge in [0.25, 0.3) is 0 Å². The minimum Gasteiger partial charge on any atom is -0.392 e. The largest absolute Gasteiger partial charge is 0.392 e. The number of hydrogen-bond acceptors (Lipinski definition) is 5. The predicted octanol–water partition coefficient (Wildman–Crippen LogP) is 3.84. The number of aryl methyl sites for hydroxylation is 1. The minimum atomic E-state index is -0.00233. The van der Waals surface area contributed by atoms with Crippen LogP contribution in [0, 0.1) is 11.5 Å². The summed E-state index contributed by atoms with van der Waals surface area (Å²) in [5, 5.41) is 22.4. The second-order valence-corrected chi connectivity index (χ2v) is 7.27. The molecule has 29 heavy (non-hydrogen) atoms. The summed E-state index contributed by atoms with van der Waals surface area (Å²) in [6.07, 6.45) is 7.48. The Kier molecular flexibility index (Phi) is 4.23. The number of benzene rings is 2. The van der Waals surface area contributed by atoms with Crippen molar-refractivity contribution >= 4 is 11.0 Å². The molecule has 2 aromatic heterocycles. The van der Waals surface area contributed by atoms with Crippen LogP contribution >= 0.6 is 0 Å². The Morgan fingerprint density at radius 1 is 1.17 bits per heavy atom. The van der Waals surface area contributed by atoms with Gasteiger partial charge in [-0.15, -0.1) is 0 Å². The number of nitrogens with one attached hydrogen (secondary N) is 2. The van der Waals surface area contributed by atoms with Crippen LogP contribution in [0.4, 0.5) is 0 Å². The van der Waals surface area contributed by atoms with Gasteiger partial charge in [0.05, 0.1) is 23.7 Å². The molecule has 0 spiro atoms. The first-order chi connectivity index (χ1) is 14.3. The molecule has 0 saturated heterocycles. The number of hydrogen-bond donors (Lipinski definition) is 3. The van der Waals surface area contributed by atoms with E-state index in [2.05, 4.69) is 44.7 Å². The molecule has 1 unspecified atom stereocenters. The van der Waals surface area contributed by atoms with Crippen LogP contribution in [-0.2, 0) is 13.0 Å². The third-order valence-electron chi connectivity index (χ3n) is 5.63. The van der Waals surface area contributed by atoms with Gasteiger partial charge in [-0.25, -0.2) is 9.97 Å². The standard InChI is InChI=1S/C23H19N5O/c24-12-26-20-7-6-15-4-5-17(9-18(15)20)22-21-19(10-25-23(21)28-13-27-22)16-3-1-2-14(8-16)11-29/h1-5,8-10,13,20,26,29H,6-7,11H2,(H,25,27,28). The lowest BCUT2D eigenvalue weighted by molar-refractivity contribution is 0.282. The molecule has 1 aliphatic rings. The zero-order valence-electron chi connectivity index (χ0n) is 15.7. The first-order valence-electron chi connectivity index (χ1n) is 9.58. The zero-order chi connectivity index (χ0) is 19.8. The van der Waals surface area contributed by atoms with Crippen LogP contribution in [0.1, 0.15) is 29.2 Å². The van der Waals surface area contributed by atoms with Crippen molar-refractivity contribution in [3.63, 3.8) is 0 Å². The maximum atomic E-state index is 9.50. The van der Waals surface area contributed by atoms with Crippen molar-refractivity contribution in [1.82, 2.24) is 20.3 Å². The van der Waals surface area contributed by atoms with Gasteiger partial charge in [-0.05, 0) is 47.2 Å².